The number of hydrogen-bond donors (Lipinski definition) is 1. The molecule has 0 aliphatic carbocycles. The van der Waals surface area contributed by atoms with Gasteiger partial charge in [-0.05, 0) is 46.7 Å². The minimum absolute atomic E-state index is 0.356. The van der Waals surface area contributed by atoms with E-state index in [0.717, 1.165) is 13.1 Å². The maximum Gasteiger partial charge on any atom is 0.266 e. The van der Waals surface area contributed by atoms with E-state index in [1.54, 1.807) is 0 Å². The molecular weight excluding hydrogens is 216 g/mol. The normalized spacial score (nSPS) is 12.9. The van der Waals surface area contributed by atoms with E-state index >= 15 is 0 Å². The van der Waals surface area contributed by atoms with Crippen molar-refractivity contribution >= 4 is 5.95 Å². The molecule has 5 nitrogen and oxygen atoms in total. The zero-order valence-corrected chi connectivity index (χ0v) is 11.7. The Hall–Kier alpha value is -1.10. The van der Waals surface area contributed by atoms with Crippen LogP contribution in [-0.4, -0.2) is 28.8 Å². The van der Waals surface area contributed by atoms with Gasteiger partial charge in [-0.2, -0.15) is 4.98 Å². The first kappa shape index (κ1) is 14.0. The van der Waals surface area contributed by atoms with E-state index in [4.69, 9.17) is 10.3 Å². The van der Waals surface area contributed by atoms with E-state index in [0.29, 0.717) is 11.8 Å². The Labute approximate surface area is 103 Å². The summed E-state index contributed by atoms with van der Waals surface area (Å²) in [5, 5.41) is 4.02. The largest absolute Gasteiger partial charge is 0.339 e. The quantitative estimate of drug-likeness (QED) is 0.851. The molecule has 5 heteroatoms. The Bertz CT molecular complexity index is 361. The number of rotatable bonds is 5. The molecule has 1 aromatic rings. The number of hydrogen-bond acceptors (Lipinski definition) is 5. The third kappa shape index (κ3) is 2.60. The van der Waals surface area contributed by atoms with Crippen molar-refractivity contribution in [3.05, 3.63) is 5.89 Å². The molecule has 1 aromatic heterocycles. The van der Waals surface area contributed by atoms with Gasteiger partial charge in [0.2, 0.25) is 5.89 Å². The van der Waals surface area contributed by atoms with Crippen molar-refractivity contribution in [3.63, 3.8) is 0 Å². The van der Waals surface area contributed by atoms with Gasteiger partial charge >= 0.3 is 0 Å². The second kappa shape index (κ2) is 4.64. The number of anilines is 1. The molecule has 17 heavy (non-hydrogen) atoms. The lowest BCUT2D eigenvalue weighted by Crippen LogP contribution is -2.50. The molecule has 0 aliphatic rings. The standard InChI is InChI=1S/C12H24N4O/c1-7-16(8-2)10-14-9(17-15-10)11(3,4)12(5,6)13/h7-8,13H2,1-6H3. The Morgan fingerprint density at radius 1 is 1.18 bits per heavy atom. The van der Waals surface area contributed by atoms with Crippen LogP contribution in [0.15, 0.2) is 4.52 Å². The van der Waals surface area contributed by atoms with Gasteiger partial charge in [-0.25, -0.2) is 0 Å². The second-order valence-corrected chi connectivity index (χ2v) is 5.42. The van der Waals surface area contributed by atoms with Gasteiger partial charge in [-0.15, -0.1) is 0 Å². The van der Waals surface area contributed by atoms with Crippen molar-refractivity contribution in [2.75, 3.05) is 18.0 Å². The molecule has 2 N–H and O–H groups in total. The summed E-state index contributed by atoms with van der Waals surface area (Å²) in [5.74, 6) is 1.23. The van der Waals surface area contributed by atoms with Gasteiger partial charge in [0.05, 0.1) is 5.41 Å². The number of aromatic nitrogens is 2. The van der Waals surface area contributed by atoms with Crippen LogP contribution in [0.1, 0.15) is 47.4 Å². The Morgan fingerprint density at radius 2 is 1.71 bits per heavy atom. The summed E-state index contributed by atoms with van der Waals surface area (Å²) < 4.78 is 5.36. The van der Waals surface area contributed by atoms with Gasteiger partial charge in [-0.1, -0.05) is 0 Å². The molecule has 0 saturated carbocycles. The Kier molecular flexibility index (Phi) is 3.81. The maximum absolute atomic E-state index is 6.15. The van der Waals surface area contributed by atoms with Gasteiger partial charge < -0.3 is 15.2 Å². The van der Waals surface area contributed by atoms with Crippen LogP contribution < -0.4 is 10.6 Å². The van der Waals surface area contributed by atoms with Gasteiger partial charge in [0.15, 0.2) is 0 Å². The summed E-state index contributed by atoms with van der Waals surface area (Å²) in [6, 6.07) is 0. The molecular formula is C12H24N4O. The fourth-order valence-corrected chi connectivity index (χ4v) is 1.38. The SMILES string of the molecule is CCN(CC)c1noc(C(C)(C)C(C)(C)N)n1. The minimum Gasteiger partial charge on any atom is -0.339 e. The lowest BCUT2D eigenvalue weighted by molar-refractivity contribution is 0.223. The van der Waals surface area contributed by atoms with Crippen molar-refractivity contribution in [1.82, 2.24) is 10.1 Å². The number of nitrogens with two attached hydrogens (primary N) is 1. The summed E-state index contributed by atoms with van der Waals surface area (Å²) in [5.41, 5.74) is 5.38. The average Bonchev–Trinajstić information content (AvgIpc) is 2.67. The van der Waals surface area contributed by atoms with E-state index in [9.17, 15) is 0 Å². The van der Waals surface area contributed by atoms with E-state index in [1.807, 2.05) is 32.6 Å². The monoisotopic (exact) mass is 240 g/mol. The molecule has 1 heterocycles. The lowest BCUT2D eigenvalue weighted by Gasteiger charge is -2.34. The van der Waals surface area contributed by atoms with Gasteiger partial charge in [0.1, 0.15) is 0 Å². The van der Waals surface area contributed by atoms with Gasteiger partial charge in [0, 0.05) is 18.6 Å². The van der Waals surface area contributed by atoms with Crippen molar-refractivity contribution in [2.24, 2.45) is 5.73 Å². The van der Waals surface area contributed by atoms with Gasteiger partial charge in [0.25, 0.3) is 5.95 Å². The molecule has 0 aromatic carbocycles. The van der Waals surface area contributed by atoms with Crippen molar-refractivity contribution in [2.45, 2.75) is 52.5 Å². The average molecular weight is 240 g/mol. The smallest absolute Gasteiger partial charge is 0.266 e. The fraction of sp³-hybridized carbons (Fsp3) is 0.833. The first-order valence-electron chi connectivity index (χ1n) is 6.12. The van der Waals surface area contributed by atoms with Crippen LogP contribution in [0.3, 0.4) is 0 Å². The highest BCUT2D eigenvalue weighted by molar-refractivity contribution is 5.28. The predicted molar refractivity (Wildman–Crippen MR) is 69.2 cm³/mol. The molecule has 0 atom stereocenters. The molecule has 1 rings (SSSR count). The fourth-order valence-electron chi connectivity index (χ4n) is 1.38. The lowest BCUT2D eigenvalue weighted by atomic mass is 9.75. The van der Waals surface area contributed by atoms with Crippen molar-refractivity contribution in [1.29, 1.82) is 0 Å². The Balaban J connectivity index is 3.03. The van der Waals surface area contributed by atoms with E-state index in [1.165, 1.54) is 0 Å². The van der Waals surface area contributed by atoms with E-state index in [-0.39, 0.29) is 5.41 Å². The summed E-state index contributed by atoms with van der Waals surface area (Å²) in [6.45, 7) is 13.8. The summed E-state index contributed by atoms with van der Waals surface area (Å²) >= 11 is 0. The second-order valence-electron chi connectivity index (χ2n) is 5.42. The van der Waals surface area contributed by atoms with Crippen molar-refractivity contribution in [3.8, 4) is 0 Å². The van der Waals surface area contributed by atoms with Gasteiger partial charge in [-0.3, -0.25) is 0 Å². The van der Waals surface area contributed by atoms with Crippen LogP contribution in [0.2, 0.25) is 0 Å². The molecule has 0 fully saturated rings. The topological polar surface area (TPSA) is 68.2 Å². The first-order chi connectivity index (χ1) is 7.74. The highest BCUT2D eigenvalue weighted by Gasteiger charge is 2.40. The summed E-state index contributed by atoms with van der Waals surface area (Å²) in [4.78, 5) is 6.51. The molecule has 0 radical (unpaired) electrons. The molecule has 0 amide bonds. The van der Waals surface area contributed by atoms with Crippen LogP contribution in [0.4, 0.5) is 5.95 Å². The first-order valence-corrected chi connectivity index (χ1v) is 6.12. The third-order valence-corrected chi connectivity index (χ3v) is 3.61. The Morgan fingerprint density at radius 3 is 2.12 bits per heavy atom. The minimum atomic E-state index is -0.417. The molecule has 0 bridgehead atoms. The predicted octanol–water partition coefficient (Wildman–Crippen LogP) is 1.93. The highest BCUT2D eigenvalue weighted by Crippen LogP contribution is 2.32. The van der Waals surface area contributed by atoms with Crippen LogP contribution in [0, 0.1) is 0 Å². The molecule has 0 spiro atoms. The maximum atomic E-state index is 6.15. The van der Waals surface area contributed by atoms with Crippen molar-refractivity contribution < 1.29 is 4.52 Å². The summed E-state index contributed by atoms with van der Waals surface area (Å²) in [7, 11) is 0. The van der Waals surface area contributed by atoms with Crippen LogP contribution in [0.25, 0.3) is 0 Å². The highest BCUT2D eigenvalue weighted by atomic mass is 16.5. The molecule has 0 unspecified atom stereocenters. The van der Waals surface area contributed by atoms with Crippen LogP contribution in [-0.2, 0) is 5.41 Å². The van der Waals surface area contributed by atoms with E-state index in [2.05, 4.69) is 24.0 Å². The molecule has 0 aliphatic heterocycles. The van der Waals surface area contributed by atoms with Crippen LogP contribution in [0.5, 0.6) is 0 Å². The summed E-state index contributed by atoms with van der Waals surface area (Å²) in [6.07, 6.45) is 0. The van der Waals surface area contributed by atoms with E-state index < -0.39 is 5.54 Å². The number of nitrogens with zero attached hydrogens (tertiary/aromatic N) is 3. The zero-order valence-electron chi connectivity index (χ0n) is 11.7. The molecule has 0 saturated heterocycles. The molecule has 98 valence electrons. The third-order valence-electron chi connectivity index (χ3n) is 3.61. The zero-order chi connectivity index (χ0) is 13.3. The van der Waals surface area contributed by atoms with Crippen LogP contribution >= 0.6 is 0 Å².